The molecule has 1 saturated heterocycles. The minimum Gasteiger partial charge on any atom is -0.507 e. The Morgan fingerprint density at radius 1 is 1.03 bits per heavy atom. The highest BCUT2D eigenvalue weighted by Gasteiger charge is 2.43. The number of nitrogens with zero attached hydrogens (tertiary/aromatic N) is 1. The van der Waals surface area contributed by atoms with Crippen molar-refractivity contribution in [1.82, 2.24) is 10.2 Å². The van der Waals surface area contributed by atoms with Crippen LogP contribution >= 0.6 is 0 Å². The van der Waals surface area contributed by atoms with Crippen LogP contribution in [0.5, 0.6) is 5.75 Å². The number of nitrogens with two attached hydrogens (primary N) is 1. The molecule has 34 heavy (non-hydrogen) atoms. The number of amides is 2. The van der Waals surface area contributed by atoms with Crippen LogP contribution in [0.3, 0.4) is 0 Å². The molecule has 192 valence electrons. The maximum Gasteiger partial charge on any atom is 0.242 e. The number of hydrogen-bond donors (Lipinski definition) is 3. The number of hydrogen-bond acceptors (Lipinski definition) is 4. The number of benzene rings is 1. The molecule has 0 aromatic heterocycles. The highest BCUT2D eigenvalue weighted by Crippen LogP contribution is 2.43. The average Bonchev–Trinajstić information content (AvgIpc) is 2.62. The Labute approximate surface area is 206 Å². The van der Waals surface area contributed by atoms with Crippen LogP contribution in [0.2, 0.25) is 0 Å². The molecule has 1 aromatic carbocycles. The first kappa shape index (κ1) is 28.2. The molecule has 0 spiro atoms. The summed E-state index contributed by atoms with van der Waals surface area (Å²) >= 11 is 0. The molecule has 6 heteroatoms. The second-order valence-corrected chi connectivity index (χ2v) is 13.6. The first-order chi connectivity index (χ1) is 15.1. The second kappa shape index (κ2) is 8.85. The van der Waals surface area contributed by atoms with E-state index in [9.17, 15) is 14.7 Å². The van der Waals surface area contributed by atoms with Gasteiger partial charge in [0.05, 0.1) is 11.0 Å². The minimum absolute atomic E-state index is 0.0716. The summed E-state index contributed by atoms with van der Waals surface area (Å²) in [7, 11) is 0. The Morgan fingerprint density at radius 2 is 1.50 bits per heavy atom. The lowest BCUT2D eigenvalue weighted by Crippen LogP contribution is -2.69. The number of carbonyl (C=O) groups is 2. The summed E-state index contributed by atoms with van der Waals surface area (Å²) in [6.07, 6.45) is 1.16. The number of carbonyl (C=O) groups excluding carboxylic acids is 2. The van der Waals surface area contributed by atoms with Crippen molar-refractivity contribution in [3.63, 3.8) is 0 Å². The van der Waals surface area contributed by atoms with Crippen LogP contribution < -0.4 is 11.1 Å². The maximum atomic E-state index is 13.0. The van der Waals surface area contributed by atoms with Gasteiger partial charge in [-0.3, -0.25) is 14.9 Å². The molecule has 0 aliphatic carbocycles. The van der Waals surface area contributed by atoms with Crippen LogP contribution in [-0.4, -0.2) is 46.0 Å². The highest BCUT2D eigenvalue weighted by atomic mass is 16.3. The molecule has 1 aromatic rings. The van der Waals surface area contributed by atoms with Gasteiger partial charge in [-0.25, -0.2) is 0 Å². The average molecular weight is 474 g/mol. The third-order valence-corrected chi connectivity index (χ3v) is 7.07. The van der Waals surface area contributed by atoms with E-state index < -0.39 is 16.9 Å². The van der Waals surface area contributed by atoms with Gasteiger partial charge >= 0.3 is 0 Å². The third kappa shape index (κ3) is 5.76. The standard InChI is InChI=1S/C28H47N3O3/c1-24(2,3)19-15-18(16-20(21(19)32)25(4,5)6)28(11,22(29)33)13-12-14-31-17-26(7,8)30-27(9,10)23(31)34/h15-16,30,32H,12-14,17H2,1-11H3,(H2,29,33). The van der Waals surface area contributed by atoms with Crippen LogP contribution in [0.1, 0.15) is 106 Å². The van der Waals surface area contributed by atoms with Crippen LogP contribution in [0.15, 0.2) is 12.1 Å². The normalized spacial score (nSPS) is 20.2. The van der Waals surface area contributed by atoms with Gasteiger partial charge in [0, 0.05) is 18.6 Å². The van der Waals surface area contributed by atoms with E-state index in [1.54, 1.807) is 0 Å². The van der Waals surface area contributed by atoms with Crippen LogP contribution in [-0.2, 0) is 25.8 Å². The quantitative estimate of drug-likeness (QED) is 0.567. The predicted octanol–water partition coefficient (Wildman–Crippen LogP) is 4.50. The lowest BCUT2D eigenvalue weighted by molar-refractivity contribution is -0.143. The SMILES string of the molecule is CC1(C)CN(CCCC(C)(C(N)=O)c2cc(C(C)(C)C)c(O)c(C(C)(C)C)c2)C(=O)C(C)(C)N1. The predicted molar refractivity (Wildman–Crippen MR) is 139 cm³/mol. The van der Waals surface area contributed by atoms with Crippen molar-refractivity contribution in [2.24, 2.45) is 5.73 Å². The van der Waals surface area contributed by atoms with E-state index >= 15 is 0 Å². The second-order valence-electron chi connectivity index (χ2n) is 13.6. The van der Waals surface area contributed by atoms with Gasteiger partial charge in [0.25, 0.3) is 0 Å². The van der Waals surface area contributed by atoms with Gasteiger partial charge in [-0.15, -0.1) is 0 Å². The van der Waals surface area contributed by atoms with Crippen molar-refractivity contribution in [3.05, 3.63) is 28.8 Å². The fraction of sp³-hybridized carbons (Fsp3) is 0.714. The Bertz CT molecular complexity index is 916. The van der Waals surface area contributed by atoms with E-state index in [2.05, 4.69) is 60.7 Å². The largest absolute Gasteiger partial charge is 0.507 e. The molecule has 1 atom stereocenters. The third-order valence-electron chi connectivity index (χ3n) is 7.07. The molecule has 4 N–H and O–H groups in total. The van der Waals surface area contributed by atoms with E-state index in [0.717, 1.165) is 16.7 Å². The van der Waals surface area contributed by atoms with Crippen molar-refractivity contribution in [3.8, 4) is 5.75 Å². The zero-order chi connectivity index (χ0) is 26.5. The minimum atomic E-state index is -0.921. The van der Waals surface area contributed by atoms with E-state index in [-0.39, 0.29) is 28.0 Å². The van der Waals surface area contributed by atoms with Gasteiger partial charge in [0.1, 0.15) is 5.75 Å². The number of nitrogens with one attached hydrogen (secondary N) is 1. The van der Waals surface area contributed by atoms with Crippen LogP contribution in [0.4, 0.5) is 0 Å². The summed E-state index contributed by atoms with van der Waals surface area (Å²) in [5, 5.41) is 14.5. The van der Waals surface area contributed by atoms with Gasteiger partial charge in [0.15, 0.2) is 0 Å². The van der Waals surface area contributed by atoms with Gasteiger partial charge < -0.3 is 15.7 Å². The van der Waals surface area contributed by atoms with E-state index in [1.165, 1.54) is 0 Å². The zero-order valence-electron chi connectivity index (χ0n) is 23.3. The summed E-state index contributed by atoms with van der Waals surface area (Å²) in [6, 6.07) is 3.88. The number of piperazine rings is 1. The Hall–Kier alpha value is -2.08. The molecule has 6 nitrogen and oxygen atoms in total. The molecule has 2 amide bonds. The van der Waals surface area contributed by atoms with Crippen molar-refractivity contribution in [2.45, 2.75) is 116 Å². The summed E-state index contributed by atoms with van der Waals surface area (Å²) in [6.45, 7) is 23.4. The lowest BCUT2D eigenvalue weighted by atomic mass is 9.71. The van der Waals surface area contributed by atoms with Crippen molar-refractivity contribution in [2.75, 3.05) is 13.1 Å². The van der Waals surface area contributed by atoms with Gasteiger partial charge in [-0.2, -0.15) is 0 Å². The first-order valence-electron chi connectivity index (χ1n) is 12.4. The number of primary amides is 1. The Balaban J connectivity index is 2.42. The molecular weight excluding hydrogens is 426 g/mol. The van der Waals surface area contributed by atoms with Gasteiger partial charge in [-0.05, 0) is 75.0 Å². The number of aromatic hydroxyl groups is 1. The molecule has 0 saturated carbocycles. The molecular formula is C28H47N3O3. The fourth-order valence-electron chi connectivity index (χ4n) is 5.19. The van der Waals surface area contributed by atoms with Crippen molar-refractivity contribution in [1.29, 1.82) is 0 Å². The molecule has 1 heterocycles. The van der Waals surface area contributed by atoms with Crippen molar-refractivity contribution < 1.29 is 14.7 Å². The first-order valence-corrected chi connectivity index (χ1v) is 12.4. The molecule has 1 aliphatic heterocycles. The van der Waals surface area contributed by atoms with E-state index in [0.29, 0.717) is 25.9 Å². The van der Waals surface area contributed by atoms with E-state index in [4.69, 9.17) is 5.73 Å². The lowest BCUT2D eigenvalue weighted by Gasteiger charge is -2.47. The van der Waals surface area contributed by atoms with Crippen molar-refractivity contribution >= 4 is 11.8 Å². The maximum absolute atomic E-state index is 13.0. The molecule has 0 bridgehead atoms. The summed E-state index contributed by atoms with van der Waals surface area (Å²) < 4.78 is 0. The number of rotatable bonds is 6. The fourth-order valence-corrected chi connectivity index (χ4v) is 5.19. The van der Waals surface area contributed by atoms with Gasteiger partial charge in [-0.1, -0.05) is 53.7 Å². The Kier molecular flexibility index (Phi) is 7.33. The van der Waals surface area contributed by atoms with Crippen LogP contribution in [0.25, 0.3) is 0 Å². The van der Waals surface area contributed by atoms with E-state index in [1.807, 2.05) is 37.8 Å². The smallest absolute Gasteiger partial charge is 0.242 e. The summed E-state index contributed by atoms with van der Waals surface area (Å²) in [5.74, 6) is -0.0427. The summed E-state index contributed by atoms with van der Waals surface area (Å²) in [5.41, 5.74) is 6.09. The van der Waals surface area contributed by atoms with Crippen LogP contribution in [0, 0.1) is 0 Å². The zero-order valence-corrected chi connectivity index (χ0v) is 23.3. The molecule has 1 fully saturated rings. The van der Waals surface area contributed by atoms with Gasteiger partial charge in [0.2, 0.25) is 11.8 Å². The monoisotopic (exact) mass is 473 g/mol. The Morgan fingerprint density at radius 3 is 1.91 bits per heavy atom. The highest BCUT2D eigenvalue weighted by molar-refractivity contribution is 5.87. The molecule has 1 aliphatic rings. The molecule has 0 radical (unpaired) electrons. The molecule has 2 rings (SSSR count). The molecule has 1 unspecified atom stereocenters. The number of phenols is 1. The topological polar surface area (TPSA) is 95.7 Å². The summed E-state index contributed by atoms with van der Waals surface area (Å²) in [4.78, 5) is 27.7. The number of phenolic OH excluding ortho intramolecular Hbond substituents is 1.